The van der Waals surface area contributed by atoms with E-state index in [1.165, 1.54) is 50.1 Å². The molecule has 0 atom stereocenters. The van der Waals surface area contributed by atoms with Crippen LogP contribution in [0.1, 0.15) is 51.3 Å². The minimum Gasteiger partial charge on any atom is -0.356 e. The van der Waals surface area contributed by atoms with Crippen LogP contribution in [0.2, 0.25) is 0 Å². The van der Waals surface area contributed by atoms with Gasteiger partial charge in [0.2, 0.25) is 0 Å². The second kappa shape index (κ2) is 9.03. The Morgan fingerprint density at radius 1 is 0.526 bits per heavy atom. The highest BCUT2D eigenvalue weighted by Crippen LogP contribution is 2.52. The van der Waals surface area contributed by atoms with Gasteiger partial charge in [-0.1, -0.05) is 126 Å². The van der Waals surface area contributed by atoms with E-state index in [0.717, 1.165) is 11.4 Å². The van der Waals surface area contributed by atoms with Gasteiger partial charge in [-0.05, 0) is 79.8 Å². The first-order valence-corrected chi connectivity index (χ1v) is 13.5. The summed E-state index contributed by atoms with van der Waals surface area (Å²) >= 11 is 0. The van der Waals surface area contributed by atoms with E-state index >= 15 is 0 Å². The molecule has 0 saturated carbocycles. The summed E-state index contributed by atoms with van der Waals surface area (Å²) in [5.74, 6) is 0. The fourth-order valence-electron chi connectivity index (χ4n) is 5.83. The summed E-state index contributed by atoms with van der Waals surface area (Å²) in [5.41, 5.74) is 14.1. The molecule has 0 aromatic heterocycles. The Labute approximate surface area is 227 Å². The van der Waals surface area contributed by atoms with Crippen molar-refractivity contribution in [3.8, 4) is 33.4 Å². The van der Waals surface area contributed by atoms with Crippen LogP contribution in [-0.2, 0) is 10.8 Å². The summed E-state index contributed by atoms with van der Waals surface area (Å²) in [6.07, 6.45) is 0. The van der Waals surface area contributed by atoms with Gasteiger partial charge in [-0.3, -0.25) is 0 Å². The summed E-state index contributed by atoms with van der Waals surface area (Å²) in [4.78, 5) is 0. The van der Waals surface area contributed by atoms with Crippen molar-refractivity contribution in [2.24, 2.45) is 0 Å². The number of anilines is 2. The molecule has 0 fully saturated rings. The second-order valence-corrected chi connectivity index (χ2v) is 12.0. The number of benzene rings is 5. The average Bonchev–Trinajstić information content (AvgIpc) is 3.16. The molecule has 6 rings (SSSR count). The Morgan fingerprint density at radius 3 is 1.89 bits per heavy atom. The Bertz CT molecular complexity index is 1620. The van der Waals surface area contributed by atoms with Crippen LogP contribution in [0.5, 0.6) is 0 Å². The highest BCUT2D eigenvalue weighted by Gasteiger charge is 2.36. The molecule has 188 valence electrons. The SMILES string of the molecule is CC(C)(C)c1cc(Nc2ccc(-c3ccccc3)cc2)cc(-c2cccc3c2-c2ccccc2C3(C)C)c1. The number of hydrogen-bond donors (Lipinski definition) is 1. The molecule has 1 aliphatic carbocycles. The van der Waals surface area contributed by atoms with E-state index < -0.39 is 0 Å². The summed E-state index contributed by atoms with van der Waals surface area (Å²) < 4.78 is 0. The normalized spacial score (nSPS) is 13.6. The lowest BCUT2D eigenvalue weighted by Gasteiger charge is -2.23. The minimum absolute atomic E-state index is 0.00878. The van der Waals surface area contributed by atoms with Crippen LogP contribution in [-0.4, -0.2) is 0 Å². The number of hydrogen-bond acceptors (Lipinski definition) is 1. The lowest BCUT2D eigenvalue weighted by atomic mass is 9.81. The van der Waals surface area contributed by atoms with Crippen molar-refractivity contribution in [2.45, 2.75) is 45.4 Å². The quantitative estimate of drug-likeness (QED) is 0.262. The monoisotopic (exact) mass is 493 g/mol. The number of fused-ring (bicyclic) bond motifs is 3. The van der Waals surface area contributed by atoms with Gasteiger partial charge in [0.05, 0.1) is 0 Å². The lowest BCUT2D eigenvalue weighted by molar-refractivity contribution is 0.591. The molecule has 1 aliphatic rings. The molecule has 38 heavy (non-hydrogen) atoms. The summed E-state index contributed by atoms with van der Waals surface area (Å²) in [7, 11) is 0. The van der Waals surface area contributed by atoms with Crippen molar-refractivity contribution in [1.82, 2.24) is 0 Å². The average molecular weight is 494 g/mol. The lowest BCUT2D eigenvalue weighted by Crippen LogP contribution is -2.14. The Morgan fingerprint density at radius 2 is 1.16 bits per heavy atom. The molecular weight excluding hydrogens is 458 g/mol. The van der Waals surface area contributed by atoms with Crippen LogP contribution in [0, 0.1) is 0 Å². The molecule has 0 unspecified atom stereocenters. The maximum absolute atomic E-state index is 3.71. The molecule has 0 amide bonds. The fraction of sp³-hybridized carbons (Fsp3) is 0.189. The van der Waals surface area contributed by atoms with Gasteiger partial charge in [0.15, 0.2) is 0 Å². The maximum Gasteiger partial charge on any atom is 0.0393 e. The van der Waals surface area contributed by atoms with Gasteiger partial charge < -0.3 is 5.32 Å². The van der Waals surface area contributed by atoms with Crippen LogP contribution in [0.25, 0.3) is 33.4 Å². The molecule has 0 aliphatic heterocycles. The third-order valence-corrected chi connectivity index (χ3v) is 8.00. The second-order valence-electron chi connectivity index (χ2n) is 12.0. The van der Waals surface area contributed by atoms with E-state index in [9.17, 15) is 0 Å². The molecule has 5 aromatic carbocycles. The first kappa shape index (κ1) is 24.2. The number of rotatable bonds is 4. The van der Waals surface area contributed by atoms with E-state index in [1.54, 1.807) is 0 Å². The van der Waals surface area contributed by atoms with Crippen LogP contribution < -0.4 is 5.32 Å². The molecule has 1 nitrogen and oxygen atoms in total. The largest absolute Gasteiger partial charge is 0.356 e. The van der Waals surface area contributed by atoms with Crippen LogP contribution in [0.4, 0.5) is 11.4 Å². The molecule has 5 aromatic rings. The van der Waals surface area contributed by atoms with Crippen molar-refractivity contribution in [1.29, 1.82) is 0 Å². The first-order chi connectivity index (χ1) is 18.2. The van der Waals surface area contributed by atoms with Gasteiger partial charge in [-0.25, -0.2) is 0 Å². The zero-order valence-electron chi connectivity index (χ0n) is 23.0. The van der Waals surface area contributed by atoms with Crippen LogP contribution in [0.15, 0.2) is 115 Å². The van der Waals surface area contributed by atoms with Crippen molar-refractivity contribution < 1.29 is 0 Å². The van der Waals surface area contributed by atoms with Crippen molar-refractivity contribution in [2.75, 3.05) is 5.32 Å². The van der Waals surface area contributed by atoms with Crippen molar-refractivity contribution in [3.63, 3.8) is 0 Å². The topological polar surface area (TPSA) is 12.0 Å². The first-order valence-electron chi connectivity index (χ1n) is 13.5. The third kappa shape index (κ3) is 4.23. The predicted octanol–water partition coefficient (Wildman–Crippen LogP) is 10.4. The third-order valence-electron chi connectivity index (χ3n) is 8.00. The van der Waals surface area contributed by atoms with Gasteiger partial charge in [0, 0.05) is 16.8 Å². The molecular formula is C37H35N. The number of nitrogens with one attached hydrogen (secondary N) is 1. The van der Waals surface area contributed by atoms with E-state index in [-0.39, 0.29) is 10.8 Å². The van der Waals surface area contributed by atoms with E-state index in [4.69, 9.17) is 0 Å². The highest BCUT2D eigenvalue weighted by atomic mass is 14.9. The summed E-state index contributed by atoms with van der Waals surface area (Å²) in [5, 5.41) is 3.71. The zero-order chi connectivity index (χ0) is 26.5. The predicted molar refractivity (Wildman–Crippen MR) is 163 cm³/mol. The zero-order valence-corrected chi connectivity index (χ0v) is 23.0. The van der Waals surface area contributed by atoms with Crippen LogP contribution in [0.3, 0.4) is 0 Å². The van der Waals surface area contributed by atoms with E-state index in [0.29, 0.717) is 0 Å². The molecule has 0 spiro atoms. The molecule has 0 heterocycles. The molecule has 1 heteroatoms. The standard InChI is InChI=1S/C37H35N/c1-36(2,3)28-22-27(31-15-11-17-34-35(31)32-14-9-10-16-33(32)37(34,4)5)23-30(24-28)38-29-20-18-26(19-21-29)25-12-7-6-8-13-25/h6-24,38H,1-5H3. The van der Waals surface area contributed by atoms with E-state index in [1.807, 2.05) is 0 Å². The van der Waals surface area contributed by atoms with E-state index in [2.05, 4.69) is 155 Å². The van der Waals surface area contributed by atoms with Crippen LogP contribution >= 0.6 is 0 Å². The summed E-state index contributed by atoms with van der Waals surface area (Å²) in [6.45, 7) is 11.6. The molecule has 0 saturated heterocycles. The molecule has 0 bridgehead atoms. The van der Waals surface area contributed by atoms with Crippen molar-refractivity contribution >= 4 is 11.4 Å². The van der Waals surface area contributed by atoms with Gasteiger partial charge in [0.1, 0.15) is 0 Å². The van der Waals surface area contributed by atoms with Gasteiger partial charge in [-0.15, -0.1) is 0 Å². The Kier molecular flexibility index (Phi) is 5.76. The Hall–Kier alpha value is -4.10. The van der Waals surface area contributed by atoms with Crippen molar-refractivity contribution in [3.05, 3.63) is 132 Å². The molecule has 0 radical (unpaired) electrons. The maximum atomic E-state index is 3.71. The van der Waals surface area contributed by atoms with Gasteiger partial charge in [-0.2, -0.15) is 0 Å². The van der Waals surface area contributed by atoms with Gasteiger partial charge in [0.25, 0.3) is 0 Å². The minimum atomic E-state index is -0.00878. The highest BCUT2D eigenvalue weighted by molar-refractivity contribution is 5.93. The molecule has 1 N–H and O–H groups in total. The smallest absolute Gasteiger partial charge is 0.0393 e. The van der Waals surface area contributed by atoms with Gasteiger partial charge >= 0.3 is 0 Å². The fourth-order valence-corrected chi connectivity index (χ4v) is 5.83. The summed E-state index contributed by atoms with van der Waals surface area (Å²) in [6, 6.07) is 42.0. The Balaban J connectivity index is 1.44.